The Morgan fingerprint density at radius 3 is 1.27 bits per heavy atom. The maximum atomic E-state index is 2.59. The van der Waals surface area contributed by atoms with Crippen LogP contribution < -0.4 is 4.57 Å². The summed E-state index contributed by atoms with van der Waals surface area (Å²) >= 11 is 0. The molecule has 0 bridgehead atoms. The summed E-state index contributed by atoms with van der Waals surface area (Å²) in [4.78, 5) is 0. The minimum Gasteiger partial charge on any atom is -0.234 e. The summed E-state index contributed by atoms with van der Waals surface area (Å²) < 4.78 is 5.12. The molecule has 0 N–H and O–H groups in total. The first-order chi connectivity index (χ1) is 21.8. The van der Waals surface area contributed by atoms with Crippen molar-refractivity contribution in [3.05, 3.63) is 54.1 Å². The standard InChI is InChI=1S/C42H75N2/c1-3-5-7-9-11-13-15-17-18-19-20-22-24-26-28-33-37-43-38-39-44(40-41-34-30-29-31-35-41)42(43)36-32-27-25-23-21-16-14-12-10-8-6-4-2/h29-31,34-35,38-39H,3-28,32-33,36-37,40H2,1-2H3/q+1. The van der Waals surface area contributed by atoms with Crippen LogP contribution in [-0.2, 0) is 19.5 Å². The van der Waals surface area contributed by atoms with Crippen molar-refractivity contribution in [2.75, 3.05) is 0 Å². The maximum absolute atomic E-state index is 2.59. The summed E-state index contributed by atoms with van der Waals surface area (Å²) in [5, 5.41) is 0. The molecule has 2 rings (SSSR count). The van der Waals surface area contributed by atoms with Crippen LogP contribution in [0.2, 0.25) is 0 Å². The molecule has 252 valence electrons. The molecule has 2 aromatic rings. The quantitative estimate of drug-likeness (QED) is 0.0578. The molecule has 0 aliphatic rings. The lowest BCUT2D eigenvalue weighted by atomic mass is 10.0. The second kappa shape index (κ2) is 28.9. The molecule has 0 unspecified atom stereocenters. The Morgan fingerprint density at radius 1 is 0.455 bits per heavy atom. The predicted octanol–water partition coefficient (Wildman–Crippen LogP) is 13.3. The molecule has 1 heterocycles. The van der Waals surface area contributed by atoms with Gasteiger partial charge >= 0.3 is 0 Å². The van der Waals surface area contributed by atoms with Crippen LogP contribution in [0.1, 0.15) is 205 Å². The Kier molecular flexibility index (Phi) is 25.3. The molecule has 0 atom stereocenters. The lowest BCUT2D eigenvalue weighted by Crippen LogP contribution is -2.37. The number of unbranched alkanes of at least 4 members (excludes halogenated alkanes) is 26. The van der Waals surface area contributed by atoms with Gasteiger partial charge in [-0.1, -0.05) is 205 Å². The molecule has 1 aromatic heterocycles. The van der Waals surface area contributed by atoms with Gasteiger partial charge in [-0.05, 0) is 24.8 Å². The molecule has 0 aliphatic carbocycles. The van der Waals surface area contributed by atoms with E-state index in [1.54, 1.807) is 5.82 Å². The molecular weight excluding hydrogens is 532 g/mol. The van der Waals surface area contributed by atoms with E-state index in [2.05, 4.69) is 65.7 Å². The number of hydrogen-bond acceptors (Lipinski definition) is 0. The van der Waals surface area contributed by atoms with Gasteiger partial charge in [0.1, 0.15) is 18.9 Å². The van der Waals surface area contributed by atoms with E-state index in [0.29, 0.717) is 0 Å². The van der Waals surface area contributed by atoms with E-state index in [9.17, 15) is 0 Å². The highest BCUT2D eigenvalue weighted by atomic mass is 15.1. The van der Waals surface area contributed by atoms with E-state index < -0.39 is 0 Å². The van der Waals surface area contributed by atoms with E-state index >= 15 is 0 Å². The van der Waals surface area contributed by atoms with Crippen LogP contribution in [0.25, 0.3) is 0 Å². The molecule has 0 radical (unpaired) electrons. The predicted molar refractivity (Wildman–Crippen MR) is 194 cm³/mol. The lowest BCUT2D eigenvalue weighted by Gasteiger charge is -2.07. The third-order valence-corrected chi connectivity index (χ3v) is 9.79. The van der Waals surface area contributed by atoms with Gasteiger partial charge in [0.15, 0.2) is 0 Å². The van der Waals surface area contributed by atoms with Gasteiger partial charge in [-0.3, -0.25) is 0 Å². The fraction of sp³-hybridized carbons (Fsp3) is 0.786. The highest BCUT2D eigenvalue weighted by Gasteiger charge is 2.17. The van der Waals surface area contributed by atoms with E-state index in [1.807, 2.05) is 0 Å². The Bertz CT molecular complexity index is 854. The van der Waals surface area contributed by atoms with Crippen LogP contribution in [0.5, 0.6) is 0 Å². The van der Waals surface area contributed by atoms with Crippen molar-refractivity contribution in [3.8, 4) is 0 Å². The maximum Gasteiger partial charge on any atom is 0.256 e. The monoisotopic (exact) mass is 608 g/mol. The van der Waals surface area contributed by atoms with Crippen LogP contribution in [0.15, 0.2) is 42.7 Å². The molecule has 0 fully saturated rings. The molecule has 44 heavy (non-hydrogen) atoms. The largest absolute Gasteiger partial charge is 0.256 e. The first-order valence-corrected chi connectivity index (χ1v) is 20.0. The zero-order valence-electron chi connectivity index (χ0n) is 29.9. The number of aryl methyl sites for hydroxylation is 1. The molecule has 0 amide bonds. The average molecular weight is 608 g/mol. The highest BCUT2D eigenvalue weighted by Crippen LogP contribution is 2.16. The average Bonchev–Trinajstić information content (AvgIpc) is 3.42. The second-order valence-electron chi connectivity index (χ2n) is 14.0. The third kappa shape index (κ3) is 20.5. The highest BCUT2D eigenvalue weighted by molar-refractivity contribution is 5.15. The van der Waals surface area contributed by atoms with Crippen LogP contribution in [0, 0.1) is 0 Å². The van der Waals surface area contributed by atoms with E-state index in [4.69, 9.17) is 0 Å². The minimum atomic E-state index is 1.00. The third-order valence-electron chi connectivity index (χ3n) is 9.79. The summed E-state index contributed by atoms with van der Waals surface area (Å²) in [6, 6.07) is 11.0. The first-order valence-electron chi connectivity index (χ1n) is 20.0. The Morgan fingerprint density at radius 2 is 0.841 bits per heavy atom. The second-order valence-corrected chi connectivity index (χ2v) is 14.0. The molecule has 2 nitrogen and oxygen atoms in total. The normalized spacial score (nSPS) is 11.5. The molecule has 1 aromatic carbocycles. The number of hydrogen-bond donors (Lipinski definition) is 0. The van der Waals surface area contributed by atoms with Crippen molar-refractivity contribution >= 4 is 0 Å². The number of aromatic nitrogens is 2. The molecular formula is C42H75N2+. The van der Waals surface area contributed by atoms with Gasteiger partial charge in [0, 0.05) is 6.42 Å². The first kappa shape index (κ1) is 38.6. The van der Waals surface area contributed by atoms with Gasteiger partial charge in [-0.15, -0.1) is 0 Å². The van der Waals surface area contributed by atoms with Gasteiger partial charge in [0.2, 0.25) is 0 Å². The Balaban J connectivity index is 1.57. The molecule has 2 heteroatoms. The van der Waals surface area contributed by atoms with E-state index in [0.717, 1.165) is 6.54 Å². The van der Waals surface area contributed by atoms with Gasteiger partial charge in [-0.2, -0.15) is 0 Å². The fourth-order valence-corrected chi connectivity index (χ4v) is 6.87. The molecule has 0 saturated heterocycles. The number of imidazole rings is 1. The van der Waals surface area contributed by atoms with Crippen molar-refractivity contribution in [2.45, 2.75) is 213 Å². The topological polar surface area (TPSA) is 8.81 Å². The zero-order chi connectivity index (χ0) is 31.2. The van der Waals surface area contributed by atoms with Crippen LogP contribution in [0.3, 0.4) is 0 Å². The van der Waals surface area contributed by atoms with Crippen molar-refractivity contribution in [2.24, 2.45) is 0 Å². The van der Waals surface area contributed by atoms with Gasteiger partial charge in [0.05, 0.1) is 6.54 Å². The van der Waals surface area contributed by atoms with Crippen LogP contribution in [-0.4, -0.2) is 4.57 Å². The van der Waals surface area contributed by atoms with E-state index in [-0.39, 0.29) is 0 Å². The summed E-state index contributed by atoms with van der Waals surface area (Å²) in [5.74, 6) is 1.54. The van der Waals surface area contributed by atoms with Crippen molar-refractivity contribution < 1.29 is 4.57 Å². The van der Waals surface area contributed by atoms with Crippen LogP contribution in [0.4, 0.5) is 0 Å². The Hall–Kier alpha value is -1.57. The summed E-state index contributed by atoms with van der Waals surface area (Å²) in [5.41, 5.74) is 1.41. The van der Waals surface area contributed by atoms with Gasteiger partial charge in [-0.25, -0.2) is 9.13 Å². The van der Waals surface area contributed by atoms with Gasteiger partial charge < -0.3 is 0 Å². The van der Waals surface area contributed by atoms with Crippen LogP contribution >= 0.6 is 0 Å². The zero-order valence-corrected chi connectivity index (χ0v) is 29.9. The SMILES string of the molecule is CCCCCCCCCCCCCCCCCC[n+]1ccn(Cc2ccccc2)c1CCCCCCCCCCCCCC. The number of nitrogens with zero attached hydrogens (tertiary/aromatic N) is 2. The molecule has 0 saturated carbocycles. The van der Waals surface area contributed by atoms with Crippen molar-refractivity contribution in [3.63, 3.8) is 0 Å². The lowest BCUT2D eigenvalue weighted by molar-refractivity contribution is -0.704. The van der Waals surface area contributed by atoms with Gasteiger partial charge in [0.25, 0.3) is 5.82 Å². The molecule has 0 spiro atoms. The smallest absolute Gasteiger partial charge is 0.234 e. The summed E-state index contributed by atoms with van der Waals surface area (Å²) in [7, 11) is 0. The Labute approximate surface area is 275 Å². The van der Waals surface area contributed by atoms with E-state index in [1.165, 1.54) is 198 Å². The van der Waals surface area contributed by atoms with Crippen molar-refractivity contribution in [1.82, 2.24) is 4.57 Å². The fourth-order valence-electron chi connectivity index (χ4n) is 6.87. The molecule has 0 aliphatic heterocycles. The summed E-state index contributed by atoms with van der Waals surface area (Å²) in [6.45, 7) is 6.80. The number of benzene rings is 1. The number of rotatable bonds is 32. The van der Waals surface area contributed by atoms with Crippen molar-refractivity contribution in [1.29, 1.82) is 0 Å². The minimum absolute atomic E-state index is 1.00. The summed E-state index contributed by atoms with van der Waals surface area (Å²) in [6.07, 6.45) is 45.9.